The molecule has 3 rings (SSSR count). The number of fused-ring (bicyclic) bond motifs is 1. The molecule has 0 bridgehead atoms. The van der Waals surface area contributed by atoms with Crippen molar-refractivity contribution in [2.45, 2.75) is 39.5 Å². The van der Waals surface area contributed by atoms with Gasteiger partial charge in [-0.05, 0) is 65.9 Å². The Kier molecular flexibility index (Phi) is 6.76. The molecule has 2 aromatic rings. The SMILES string of the molecule is CCOP(=O)(OCC)C(c1ccccc1C)N1CCc2sc(Br)cc2C1. The minimum atomic E-state index is -3.33. The van der Waals surface area contributed by atoms with Gasteiger partial charge in [0.2, 0.25) is 0 Å². The molecule has 1 unspecified atom stereocenters. The summed E-state index contributed by atoms with van der Waals surface area (Å²) in [6, 6.07) is 10.3. The van der Waals surface area contributed by atoms with Gasteiger partial charge in [0.05, 0.1) is 17.0 Å². The molecule has 2 heterocycles. The Hall–Kier alpha value is -0.490. The summed E-state index contributed by atoms with van der Waals surface area (Å²) in [5.41, 5.74) is 3.43. The van der Waals surface area contributed by atoms with E-state index in [1.165, 1.54) is 10.4 Å². The fourth-order valence-corrected chi connectivity index (χ4v) is 7.56. The van der Waals surface area contributed by atoms with Crippen molar-refractivity contribution in [3.8, 4) is 0 Å². The summed E-state index contributed by atoms with van der Waals surface area (Å²) >= 11 is 5.38. The van der Waals surface area contributed by atoms with Crippen molar-refractivity contribution in [2.75, 3.05) is 19.8 Å². The predicted molar refractivity (Wildman–Crippen MR) is 111 cm³/mol. The van der Waals surface area contributed by atoms with Crippen molar-refractivity contribution in [2.24, 2.45) is 0 Å². The van der Waals surface area contributed by atoms with E-state index < -0.39 is 13.4 Å². The van der Waals surface area contributed by atoms with Crippen LogP contribution in [-0.2, 0) is 26.6 Å². The van der Waals surface area contributed by atoms with E-state index in [1.807, 2.05) is 32.0 Å². The Morgan fingerprint density at radius 1 is 1.27 bits per heavy atom. The monoisotopic (exact) mass is 457 g/mol. The first-order valence-electron chi connectivity index (χ1n) is 8.94. The Bertz CT molecular complexity index is 800. The zero-order valence-corrected chi connectivity index (χ0v) is 18.7. The van der Waals surface area contributed by atoms with Crippen LogP contribution in [0.5, 0.6) is 0 Å². The van der Waals surface area contributed by atoms with Gasteiger partial charge in [-0.15, -0.1) is 11.3 Å². The molecule has 1 aromatic heterocycles. The molecule has 0 radical (unpaired) electrons. The molecule has 0 saturated carbocycles. The zero-order valence-electron chi connectivity index (χ0n) is 15.4. The van der Waals surface area contributed by atoms with Gasteiger partial charge in [0.1, 0.15) is 5.78 Å². The first kappa shape index (κ1) is 20.2. The number of nitrogens with zero attached hydrogens (tertiary/aromatic N) is 1. The maximum atomic E-state index is 13.8. The van der Waals surface area contributed by atoms with Crippen LogP contribution in [0.4, 0.5) is 0 Å². The molecule has 0 aliphatic carbocycles. The average molecular weight is 458 g/mol. The Balaban J connectivity index is 2.04. The van der Waals surface area contributed by atoms with Gasteiger partial charge >= 0.3 is 7.60 Å². The number of aryl methyl sites for hydroxylation is 1. The van der Waals surface area contributed by atoms with E-state index in [0.717, 1.165) is 34.4 Å². The normalized spacial score (nSPS) is 16.5. The number of hydrogen-bond donors (Lipinski definition) is 0. The lowest BCUT2D eigenvalue weighted by Gasteiger charge is -2.38. The fraction of sp³-hybridized carbons (Fsp3) is 0.474. The van der Waals surface area contributed by atoms with Crippen LogP contribution in [0.2, 0.25) is 0 Å². The van der Waals surface area contributed by atoms with Crippen LogP contribution >= 0.6 is 34.9 Å². The Labute approximate surface area is 168 Å². The summed E-state index contributed by atoms with van der Waals surface area (Å²) in [7, 11) is -3.33. The molecular weight excluding hydrogens is 433 g/mol. The molecule has 26 heavy (non-hydrogen) atoms. The van der Waals surface area contributed by atoms with E-state index in [1.54, 1.807) is 11.3 Å². The molecule has 0 spiro atoms. The van der Waals surface area contributed by atoms with Gasteiger partial charge in [-0.25, -0.2) is 0 Å². The van der Waals surface area contributed by atoms with Crippen LogP contribution in [0.15, 0.2) is 34.1 Å². The Morgan fingerprint density at radius 2 is 1.96 bits per heavy atom. The number of rotatable bonds is 7. The minimum Gasteiger partial charge on any atom is -0.308 e. The van der Waals surface area contributed by atoms with Crippen molar-refractivity contribution < 1.29 is 13.6 Å². The van der Waals surface area contributed by atoms with Gasteiger partial charge in [0.15, 0.2) is 0 Å². The van der Waals surface area contributed by atoms with E-state index in [-0.39, 0.29) is 0 Å². The van der Waals surface area contributed by atoms with Crippen LogP contribution in [-0.4, -0.2) is 24.7 Å². The third kappa shape index (κ3) is 4.16. The molecule has 0 N–H and O–H groups in total. The quantitative estimate of drug-likeness (QED) is 0.467. The largest absolute Gasteiger partial charge is 0.352 e. The van der Waals surface area contributed by atoms with Gasteiger partial charge in [0, 0.05) is 18.0 Å². The summed E-state index contributed by atoms with van der Waals surface area (Å²) in [6.45, 7) is 8.10. The average Bonchev–Trinajstić information content (AvgIpc) is 2.96. The van der Waals surface area contributed by atoms with Crippen LogP contribution in [0.25, 0.3) is 0 Å². The smallest absolute Gasteiger partial charge is 0.308 e. The van der Waals surface area contributed by atoms with Gasteiger partial charge in [-0.1, -0.05) is 24.3 Å². The maximum absolute atomic E-state index is 13.8. The highest BCUT2D eigenvalue weighted by Crippen LogP contribution is 2.63. The third-order valence-electron chi connectivity index (χ3n) is 4.60. The highest BCUT2D eigenvalue weighted by Gasteiger charge is 2.42. The fourth-order valence-electron chi connectivity index (χ4n) is 3.51. The topological polar surface area (TPSA) is 38.8 Å². The number of halogens is 1. The molecule has 0 saturated heterocycles. The summed E-state index contributed by atoms with van der Waals surface area (Å²) < 4.78 is 26.5. The molecule has 7 heteroatoms. The van der Waals surface area contributed by atoms with Crippen molar-refractivity contribution in [3.63, 3.8) is 0 Å². The summed E-state index contributed by atoms with van der Waals surface area (Å²) in [5, 5.41) is 0. The first-order chi connectivity index (χ1) is 12.5. The summed E-state index contributed by atoms with van der Waals surface area (Å²) in [4.78, 5) is 3.66. The summed E-state index contributed by atoms with van der Waals surface area (Å²) in [6.07, 6.45) is 0.951. The van der Waals surface area contributed by atoms with Crippen LogP contribution in [0.3, 0.4) is 0 Å². The highest BCUT2D eigenvalue weighted by molar-refractivity contribution is 9.11. The lowest BCUT2D eigenvalue weighted by atomic mass is 10.1. The minimum absolute atomic E-state index is 0.364. The van der Waals surface area contributed by atoms with Gasteiger partial charge in [0.25, 0.3) is 0 Å². The van der Waals surface area contributed by atoms with Crippen LogP contribution < -0.4 is 0 Å². The molecule has 1 aromatic carbocycles. The maximum Gasteiger partial charge on any atom is 0.352 e. The molecule has 1 aliphatic heterocycles. The van der Waals surface area contributed by atoms with Gasteiger partial charge < -0.3 is 9.05 Å². The third-order valence-corrected chi connectivity index (χ3v) is 8.78. The van der Waals surface area contributed by atoms with Crippen molar-refractivity contribution in [1.29, 1.82) is 0 Å². The second-order valence-corrected chi connectivity index (χ2v) is 10.9. The first-order valence-corrected chi connectivity index (χ1v) is 12.2. The van der Waals surface area contributed by atoms with Crippen LogP contribution in [0.1, 0.15) is 41.2 Å². The standard InChI is InChI=1S/C19H25BrNO3PS/c1-4-23-25(22,24-5-2)19(16-9-7-6-8-14(16)3)21-11-10-17-15(13-21)12-18(20)26-17/h6-9,12,19H,4-5,10-11,13H2,1-3H3. The molecule has 0 amide bonds. The number of hydrogen-bond acceptors (Lipinski definition) is 5. The molecule has 0 fully saturated rings. The van der Waals surface area contributed by atoms with Crippen molar-refractivity contribution >= 4 is 34.9 Å². The molecule has 1 atom stereocenters. The van der Waals surface area contributed by atoms with E-state index in [9.17, 15) is 4.57 Å². The lowest BCUT2D eigenvalue weighted by Crippen LogP contribution is -2.34. The van der Waals surface area contributed by atoms with Crippen LogP contribution in [0, 0.1) is 6.92 Å². The van der Waals surface area contributed by atoms with Crippen molar-refractivity contribution in [1.82, 2.24) is 4.90 Å². The summed E-state index contributed by atoms with van der Waals surface area (Å²) in [5.74, 6) is -0.393. The molecular formula is C19H25BrNO3PS. The lowest BCUT2D eigenvalue weighted by molar-refractivity contribution is 0.154. The molecule has 142 valence electrons. The zero-order chi connectivity index (χ0) is 18.7. The Morgan fingerprint density at radius 3 is 2.62 bits per heavy atom. The predicted octanol–water partition coefficient (Wildman–Crippen LogP) is 6.14. The second-order valence-electron chi connectivity index (χ2n) is 6.33. The van der Waals surface area contributed by atoms with E-state index in [0.29, 0.717) is 13.2 Å². The number of benzene rings is 1. The molecule has 4 nitrogen and oxygen atoms in total. The number of thiophene rings is 1. The van der Waals surface area contributed by atoms with Gasteiger partial charge in [-0.2, -0.15) is 0 Å². The molecule has 1 aliphatic rings. The highest BCUT2D eigenvalue weighted by atomic mass is 79.9. The van der Waals surface area contributed by atoms with Crippen molar-refractivity contribution in [3.05, 3.63) is 55.7 Å². The van der Waals surface area contributed by atoms with E-state index >= 15 is 0 Å². The van der Waals surface area contributed by atoms with E-state index in [4.69, 9.17) is 9.05 Å². The van der Waals surface area contributed by atoms with Gasteiger partial charge in [-0.3, -0.25) is 9.46 Å². The van der Waals surface area contributed by atoms with E-state index in [2.05, 4.69) is 39.9 Å². The second kappa shape index (κ2) is 8.68.